The summed E-state index contributed by atoms with van der Waals surface area (Å²) in [6.45, 7) is 12.3. The molecular formula is C32H48N2O3. The fraction of sp³-hybridized carbons (Fsp3) is 0.531. The molecule has 0 aliphatic heterocycles. The molecule has 0 saturated heterocycles. The number of hydrogen-bond donors (Lipinski definition) is 2. The van der Waals surface area contributed by atoms with E-state index in [0.717, 1.165) is 29.0 Å². The van der Waals surface area contributed by atoms with Crippen molar-refractivity contribution < 1.29 is 14.7 Å². The van der Waals surface area contributed by atoms with Crippen LogP contribution < -0.4 is 10.2 Å². The number of hydrogen-bond acceptors (Lipinski definition) is 3. The molecule has 5 nitrogen and oxygen atoms in total. The normalized spacial score (nSPS) is 13.1. The molecular weight excluding hydrogens is 460 g/mol. The molecule has 1 fully saturated rings. The number of hydroxylamine groups is 1. The molecule has 0 radical (unpaired) electrons. The minimum absolute atomic E-state index is 0.419. The molecule has 0 spiro atoms. The molecule has 1 unspecified atom stereocenters. The molecule has 3 aromatic rings. The van der Waals surface area contributed by atoms with Crippen LogP contribution in [0.5, 0.6) is 5.75 Å². The zero-order chi connectivity index (χ0) is 27.0. The van der Waals surface area contributed by atoms with Gasteiger partial charge in [-0.15, -0.1) is 0 Å². The highest BCUT2D eigenvalue weighted by Crippen LogP contribution is 2.33. The van der Waals surface area contributed by atoms with E-state index in [9.17, 15) is 4.79 Å². The first-order valence-corrected chi connectivity index (χ1v) is 14.2. The van der Waals surface area contributed by atoms with Crippen LogP contribution in [-0.4, -0.2) is 22.3 Å². The Bertz CT molecular complexity index is 1040. The Hall–Kier alpha value is -2.79. The second kappa shape index (κ2) is 16.9. The maximum atomic E-state index is 11.6. The minimum atomic E-state index is -0.515. The zero-order valence-corrected chi connectivity index (χ0v) is 23.6. The van der Waals surface area contributed by atoms with Gasteiger partial charge in [-0.1, -0.05) is 97.8 Å². The first kappa shape index (κ1) is 30.4. The Labute approximate surface area is 224 Å². The fourth-order valence-corrected chi connectivity index (χ4v) is 3.93. The van der Waals surface area contributed by atoms with Crippen LogP contribution in [0.15, 0.2) is 54.7 Å². The van der Waals surface area contributed by atoms with Gasteiger partial charge >= 0.3 is 0 Å². The SMILES string of the molecule is CCC(C)Cc1ccc(OCCn2ccc3ccc(C(=O)NO)cc32)cc1.CCCC.CCCC1CC1. The molecule has 4 rings (SSSR count). The number of unbranched alkanes of at least 4 members (excludes halogenated alkanes) is 1. The molecule has 1 aromatic heterocycles. The lowest BCUT2D eigenvalue weighted by molar-refractivity contribution is 0.0706. The van der Waals surface area contributed by atoms with Crippen molar-refractivity contribution in [1.82, 2.24) is 10.0 Å². The van der Waals surface area contributed by atoms with E-state index in [0.29, 0.717) is 24.6 Å². The smallest absolute Gasteiger partial charge is 0.274 e. The third-order valence-electron chi connectivity index (χ3n) is 6.84. The Morgan fingerprint density at radius 2 is 1.73 bits per heavy atom. The van der Waals surface area contributed by atoms with E-state index >= 15 is 0 Å². The Balaban J connectivity index is 0.000000403. The third-order valence-corrected chi connectivity index (χ3v) is 6.84. The van der Waals surface area contributed by atoms with Crippen LogP contribution in [0, 0.1) is 11.8 Å². The molecule has 1 amide bonds. The Kier molecular flexibility index (Phi) is 13.9. The van der Waals surface area contributed by atoms with E-state index in [1.807, 2.05) is 35.0 Å². The lowest BCUT2D eigenvalue weighted by atomic mass is 9.99. The van der Waals surface area contributed by atoms with Gasteiger partial charge < -0.3 is 9.30 Å². The van der Waals surface area contributed by atoms with Crippen LogP contribution in [-0.2, 0) is 13.0 Å². The van der Waals surface area contributed by atoms with Gasteiger partial charge in [0.05, 0.1) is 6.54 Å². The predicted octanol–water partition coefficient (Wildman–Crippen LogP) is 8.43. The molecule has 1 heterocycles. The van der Waals surface area contributed by atoms with E-state index in [1.54, 1.807) is 17.6 Å². The van der Waals surface area contributed by atoms with Crippen molar-refractivity contribution in [2.45, 2.75) is 92.5 Å². The second-order valence-corrected chi connectivity index (χ2v) is 10.2. The topological polar surface area (TPSA) is 63.5 Å². The van der Waals surface area contributed by atoms with Crippen molar-refractivity contribution in [3.05, 3.63) is 65.9 Å². The second-order valence-electron chi connectivity index (χ2n) is 10.2. The van der Waals surface area contributed by atoms with E-state index in [-0.39, 0.29) is 0 Å². The summed E-state index contributed by atoms with van der Waals surface area (Å²) < 4.78 is 7.92. The van der Waals surface area contributed by atoms with Crippen LogP contribution in [0.2, 0.25) is 0 Å². The van der Waals surface area contributed by atoms with Gasteiger partial charge in [0.1, 0.15) is 12.4 Å². The minimum Gasteiger partial charge on any atom is -0.492 e. The van der Waals surface area contributed by atoms with Crippen molar-refractivity contribution in [3.8, 4) is 5.75 Å². The van der Waals surface area contributed by atoms with Crippen LogP contribution in [0.4, 0.5) is 0 Å². The maximum Gasteiger partial charge on any atom is 0.274 e. The number of aromatic nitrogens is 1. The summed E-state index contributed by atoms with van der Waals surface area (Å²) in [5, 5.41) is 9.84. The molecule has 0 bridgehead atoms. The first-order chi connectivity index (χ1) is 17.9. The van der Waals surface area contributed by atoms with Crippen molar-refractivity contribution in [2.24, 2.45) is 11.8 Å². The fourth-order valence-electron chi connectivity index (χ4n) is 3.93. The highest BCUT2D eigenvalue weighted by atomic mass is 16.5. The number of carbonyl (C=O) groups excluding carboxylic acids is 1. The Morgan fingerprint density at radius 3 is 2.27 bits per heavy atom. The van der Waals surface area contributed by atoms with Gasteiger partial charge in [0.15, 0.2) is 0 Å². The number of ether oxygens (including phenoxy) is 1. The molecule has 1 aliphatic carbocycles. The van der Waals surface area contributed by atoms with E-state index in [1.165, 1.54) is 50.5 Å². The third kappa shape index (κ3) is 11.0. The lowest BCUT2D eigenvalue weighted by Crippen LogP contribution is -2.18. The lowest BCUT2D eigenvalue weighted by Gasteiger charge is -2.11. The van der Waals surface area contributed by atoms with Crippen LogP contribution in [0.25, 0.3) is 10.9 Å². The number of fused-ring (bicyclic) bond motifs is 1. The summed E-state index contributed by atoms with van der Waals surface area (Å²) in [7, 11) is 0. The molecule has 1 saturated carbocycles. The van der Waals surface area contributed by atoms with Crippen LogP contribution >= 0.6 is 0 Å². The highest BCUT2D eigenvalue weighted by molar-refractivity contribution is 5.97. The predicted molar refractivity (Wildman–Crippen MR) is 155 cm³/mol. The number of nitrogens with one attached hydrogen (secondary N) is 1. The number of carbonyl (C=O) groups is 1. The Morgan fingerprint density at radius 1 is 1.03 bits per heavy atom. The number of rotatable bonds is 11. The van der Waals surface area contributed by atoms with Gasteiger partial charge in [-0.25, -0.2) is 5.48 Å². The average molecular weight is 509 g/mol. The summed E-state index contributed by atoms with van der Waals surface area (Å²) >= 11 is 0. The summed E-state index contributed by atoms with van der Waals surface area (Å²) in [5.74, 6) is 2.18. The summed E-state index contributed by atoms with van der Waals surface area (Å²) in [6.07, 6.45) is 12.8. The number of benzene rings is 2. The standard InChI is InChI=1S/C22H26N2O3.C6H12.C4H10/c1-3-16(2)14-17-4-8-20(9-5-17)27-13-12-24-11-10-18-6-7-19(15-21(18)24)22(25)23-26;1-2-3-6-4-5-6;1-3-4-2/h4-11,15-16,26H,3,12-14H2,1-2H3,(H,23,25);6H,2-5H2,1H3;3-4H2,1-2H3. The van der Waals surface area contributed by atoms with Gasteiger partial charge in [-0.3, -0.25) is 10.0 Å². The summed E-state index contributed by atoms with van der Waals surface area (Å²) in [6, 6.07) is 15.6. The molecule has 37 heavy (non-hydrogen) atoms. The van der Waals surface area contributed by atoms with Gasteiger partial charge in [0.25, 0.3) is 5.91 Å². The number of amides is 1. The first-order valence-electron chi connectivity index (χ1n) is 14.2. The van der Waals surface area contributed by atoms with Gasteiger partial charge in [-0.05, 0) is 59.5 Å². The number of nitrogens with zero attached hydrogens (tertiary/aromatic N) is 1. The van der Waals surface area contributed by atoms with E-state index in [4.69, 9.17) is 9.94 Å². The van der Waals surface area contributed by atoms with Crippen molar-refractivity contribution in [1.29, 1.82) is 0 Å². The monoisotopic (exact) mass is 508 g/mol. The molecule has 2 aromatic carbocycles. The van der Waals surface area contributed by atoms with Crippen molar-refractivity contribution in [2.75, 3.05) is 6.61 Å². The zero-order valence-electron chi connectivity index (χ0n) is 23.6. The van der Waals surface area contributed by atoms with Gasteiger partial charge in [-0.2, -0.15) is 0 Å². The maximum absolute atomic E-state index is 11.6. The van der Waals surface area contributed by atoms with Crippen molar-refractivity contribution in [3.63, 3.8) is 0 Å². The van der Waals surface area contributed by atoms with Gasteiger partial charge in [0.2, 0.25) is 0 Å². The summed E-state index contributed by atoms with van der Waals surface area (Å²) in [4.78, 5) is 11.6. The molecule has 1 aliphatic rings. The highest BCUT2D eigenvalue weighted by Gasteiger charge is 2.18. The molecule has 5 heteroatoms. The van der Waals surface area contributed by atoms with E-state index in [2.05, 4.69) is 46.8 Å². The average Bonchev–Trinajstić information content (AvgIpc) is 3.67. The van der Waals surface area contributed by atoms with Crippen LogP contribution in [0.1, 0.15) is 95.5 Å². The largest absolute Gasteiger partial charge is 0.492 e. The van der Waals surface area contributed by atoms with Crippen LogP contribution in [0.3, 0.4) is 0 Å². The molecule has 1 atom stereocenters. The summed E-state index contributed by atoms with van der Waals surface area (Å²) in [5.41, 5.74) is 4.36. The van der Waals surface area contributed by atoms with E-state index < -0.39 is 5.91 Å². The van der Waals surface area contributed by atoms with Gasteiger partial charge in [0, 0.05) is 17.3 Å². The molecule has 2 N–H and O–H groups in total. The quantitative estimate of drug-likeness (QED) is 0.202. The van der Waals surface area contributed by atoms with Crippen molar-refractivity contribution >= 4 is 16.8 Å². The molecule has 204 valence electrons.